The van der Waals surface area contributed by atoms with Gasteiger partial charge in [0, 0.05) is 51.4 Å². The molecule has 0 aromatic carbocycles. The van der Waals surface area contributed by atoms with Crippen LogP contribution in [-0.2, 0) is 17.1 Å². The molecule has 3 rings (SSSR count). The second-order valence-electron chi connectivity index (χ2n) is 6.09. The summed E-state index contributed by atoms with van der Waals surface area (Å²) in [5, 5.41) is 8.34. The zero-order chi connectivity index (χ0) is 17.2. The SMILES string of the molecule is Cc1nn(C)c2ncc(S(=O)(=O)NCCCN3CCNCC3)cc12.Cl.Cl. The Hall–Kier alpha value is -0.970. The van der Waals surface area contributed by atoms with Crippen molar-refractivity contribution in [3.05, 3.63) is 18.0 Å². The van der Waals surface area contributed by atoms with Gasteiger partial charge in [-0.3, -0.25) is 4.68 Å². The number of sulfonamides is 1. The maximum Gasteiger partial charge on any atom is 0.242 e. The highest BCUT2D eigenvalue weighted by Gasteiger charge is 2.17. The van der Waals surface area contributed by atoms with Gasteiger partial charge in [0.1, 0.15) is 4.90 Å². The predicted molar refractivity (Wildman–Crippen MR) is 107 cm³/mol. The zero-order valence-electron chi connectivity index (χ0n) is 14.9. The number of hydrogen-bond donors (Lipinski definition) is 2. The molecule has 0 atom stereocenters. The molecule has 3 heterocycles. The quantitative estimate of drug-likeness (QED) is 0.662. The topological polar surface area (TPSA) is 92.1 Å². The molecule has 2 aromatic heterocycles. The van der Waals surface area contributed by atoms with Gasteiger partial charge in [-0.05, 0) is 26.0 Å². The fraction of sp³-hybridized carbons (Fsp3) is 0.600. The van der Waals surface area contributed by atoms with Crippen molar-refractivity contribution in [1.82, 2.24) is 29.7 Å². The van der Waals surface area contributed by atoms with Crippen LogP contribution in [0.15, 0.2) is 17.2 Å². The second-order valence-corrected chi connectivity index (χ2v) is 7.86. The number of fused-ring (bicyclic) bond motifs is 1. The maximum atomic E-state index is 12.4. The van der Waals surface area contributed by atoms with Crippen molar-refractivity contribution < 1.29 is 8.42 Å². The molecule has 0 unspecified atom stereocenters. The first-order chi connectivity index (χ1) is 11.5. The van der Waals surface area contributed by atoms with Crippen LogP contribution in [0, 0.1) is 6.92 Å². The molecule has 0 aliphatic carbocycles. The molecule has 1 aliphatic heterocycles. The van der Waals surface area contributed by atoms with E-state index >= 15 is 0 Å². The minimum Gasteiger partial charge on any atom is -0.314 e. The third-order valence-corrected chi connectivity index (χ3v) is 5.73. The van der Waals surface area contributed by atoms with E-state index in [-0.39, 0.29) is 29.7 Å². The van der Waals surface area contributed by atoms with E-state index < -0.39 is 10.0 Å². The summed E-state index contributed by atoms with van der Waals surface area (Å²) in [6, 6.07) is 1.64. The number of pyridine rings is 1. The molecule has 11 heteroatoms. The number of hydrogen-bond acceptors (Lipinski definition) is 6. The molecule has 1 saturated heterocycles. The number of nitrogens with zero attached hydrogens (tertiary/aromatic N) is 4. The van der Waals surface area contributed by atoms with Crippen LogP contribution >= 0.6 is 24.8 Å². The average Bonchev–Trinajstić information content (AvgIpc) is 2.87. The van der Waals surface area contributed by atoms with Crippen LogP contribution in [-0.4, -0.2) is 67.4 Å². The van der Waals surface area contributed by atoms with E-state index in [0.29, 0.717) is 12.2 Å². The van der Waals surface area contributed by atoms with E-state index in [9.17, 15) is 8.42 Å². The fourth-order valence-corrected chi connectivity index (χ4v) is 4.01. The second kappa shape index (κ2) is 9.82. The number of piperazine rings is 1. The zero-order valence-corrected chi connectivity index (χ0v) is 17.4. The summed E-state index contributed by atoms with van der Waals surface area (Å²) in [7, 11) is -1.75. The molecule has 148 valence electrons. The number of aromatic nitrogens is 3. The van der Waals surface area contributed by atoms with Gasteiger partial charge in [0.25, 0.3) is 0 Å². The molecule has 8 nitrogen and oxygen atoms in total. The lowest BCUT2D eigenvalue weighted by Crippen LogP contribution is -2.44. The molecule has 1 fully saturated rings. The third-order valence-electron chi connectivity index (χ3n) is 4.30. The van der Waals surface area contributed by atoms with Crippen LogP contribution in [0.1, 0.15) is 12.1 Å². The third kappa shape index (κ3) is 5.28. The monoisotopic (exact) mass is 424 g/mol. The Morgan fingerprint density at radius 3 is 2.65 bits per heavy atom. The van der Waals surface area contributed by atoms with E-state index in [2.05, 4.69) is 25.0 Å². The van der Waals surface area contributed by atoms with Gasteiger partial charge in [0.05, 0.1) is 5.69 Å². The lowest BCUT2D eigenvalue weighted by molar-refractivity contribution is 0.239. The van der Waals surface area contributed by atoms with Crippen molar-refractivity contribution in [2.24, 2.45) is 7.05 Å². The molecule has 0 spiro atoms. The Morgan fingerprint density at radius 1 is 1.27 bits per heavy atom. The van der Waals surface area contributed by atoms with E-state index in [4.69, 9.17) is 0 Å². The summed E-state index contributed by atoms with van der Waals surface area (Å²) >= 11 is 0. The molecule has 2 N–H and O–H groups in total. The molecular formula is C15H26Cl2N6O2S. The van der Waals surface area contributed by atoms with E-state index in [1.54, 1.807) is 17.8 Å². The lowest BCUT2D eigenvalue weighted by Gasteiger charge is -2.27. The molecule has 0 amide bonds. The first-order valence-corrected chi connectivity index (χ1v) is 9.68. The van der Waals surface area contributed by atoms with Crippen LogP contribution < -0.4 is 10.0 Å². The molecule has 1 aliphatic rings. The normalized spacial score (nSPS) is 15.5. The highest BCUT2D eigenvalue weighted by molar-refractivity contribution is 7.89. The first kappa shape index (κ1) is 23.1. The molecule has 0 saturated carbocycles. The predicted octanol–water partition coefficient (Wildman–Crippen LogP) is 0.694. The average molecular weight is 425 g/mol. The minimum atomic E-state index is -3.54. The number of rotatable bonds is 6. The summed E-state index contributed by atoms with van der Waals surface area (Å²) in [5.74, 6) is 0. The summed E-state index contributed by atoms with van der Waals surface area (Å²) in [4.78, 5) is 6.77. The molecule has 0 radical (unpaired) electrons. The summed E-state index contributed by atoms with van der Waals surface area (Å²) in [5.41, 5.74) is 1.46. The van der Waals surface area contributed by atoms with Crippen molar-refractivity contribution in [2.75, 3.05) is 39.3 Å². The Morgan fingerprint density at radius 2 is 1.96 bits per heavy atom. The molecule has 2 aromatic rings. The van der Waals surface area contributed by atoms with Gasteiger partial charge in [-0.2, -0.15) is 5.10 Å². The van der Waals surface area contributed by atoms with Gasteiger partial charge in [0.2, 0.25) is 10.0 Å². The largest absolute Gasteiger partial charge is 0.314 e. The van der Waals surface area contributed by atoms with E-state index in [1.807, 2.05) is 6.92 Å². The van der Waals surface area contributed by atoms with Crippen molar-refractivity contribution in [3.8, 4) is 0 Å². The van der Waals surface area contributed by atoms with Gasteiger partial charge < -0.3 is 10.2 Å². The van der Waals surface area contributed by atoms with Crippen LogP contribution in [0.2, 0.25) is 0 Å². The van der Waals surface area contributed by atoms with Gasteiger partial charge >= 0.3 is 0 Å². The standard InChI is InChI=1S/C15H24N6O2S.2ClH/c1-12-14-10-13(11-17-15(14)20(2)19-12)24(22,23)18-4-3-7-21-8-5-16-6-9-21;;/h10-11,16,18H,3-9H2,1-2H3;2*1H. The van der Waals surface area contributed by atoms with Gasteiger partial charge in [0.15, 0.2) is 5.65 Å². The van der Waals surface area contributed by atoms with Crippen molar-refractivity contribution >= 4 is 45.9 Å². The molecule has 0 bridgehead atoms. The lowest BCUT2D eigenvalue weighted by atomic mass is 10.3. The Balaban J connectivity index is 0.00000169. The van der Waals surface area contributed by atoms with Crippen molar-refractivity contribution in [1.29, 1.82) is 0 Å². The first-order valence-electron chi connectivity index (χ1n) is 8.19. The van der Waals surface area contributed by atoms with E-state index in [0.717, 1.165) is 50.2 Å². The highest BCUT2D eigenvalue weighted by Crippen LogP contribution is 2.19. The molecule has 26 heavy (non-hydrogen) atoms. The smallest absolute Gasteiger partial charge is 0.242 e. The van der Waals surface area contributed by atoms with Gasteiger partial charge in [-0.1, -0.05) is 0 Å². The van der Waals surface area contributed by atoms with Crippen LogP contribution in [0.4, 0.5) is 0 Å². The van der Waals surface area contributed by atoms with Crippen LogP contribution in [0.3, 0.4) is 0 Å². The van der Waals surface area contributed by atoms with Crippen molar-refractivity contribution in [3.63, 3.8) is 0 Å². The minimum absolute atomic E-state index is 0. The van der Waals surface area contributed by atoms with Gasteiger partial charge in [-0.25, -0.2) is 18.1 Å². The Kier molecular flexibility index (Phi) is 8.71. The Labute approximate surface area is 166 Å². The van der Waals surface area contributed by atoms with Crippen molar-refractivity contribution in [2.45, 2.75) is 18.2 Å². The summed E-state index contributed by atoms with van der Waals surface area (Å²) in [6.45, 7) is 7.23. The fourth-order valence-electron chi connectivity index (χ4n) is 2.96. The van der Waals surface area contributed by atoms with Crippen LogP contribution in [0.25, 0.3) is 11.0 Å². The maximum absolute atomic E-state index is 12.4. The highest BCUT2D eigenvalue weighted by atomic mass is 35.5. The summed E-state index contributed by atoms with van der Waals surface area (Å²) in [6.07, 6.45) is 2.18. The molecular weight excluding hydrogens is 399 g/mol. The Bertz CT molecular complexity index is 821. The van der Waals surface area contributed by atoms with Gasteiger partial charge in [-0.15, -0.1) is 24.8 Å². The number of halogens is 2. The number of nitrogens with one attached hydrogen (secondary N) is 2. The van der Waals surface area contributed by atoms with Crippen LogP contribution in [0.5, 0.6) is 0 Å². The summed E-state index contributed by atoms with van der Waals surface area (Å²) < 4.78 is 29.2. The number of aryl methyl sites for hydroxylation is 2. The van der Waals surface area contributed by atoms with E-state index in [1.165, 1.54) is 6.20 Å².